The van der Waals surface area contributed by atoms with Gasteiger partial charge >= 0.3 is 18.0 Å². The van der Waals surface area contributed by atoms with Gasteiger partial charge in [0.05, 0.1) is 0 Å². The van der Waals surface area contributed by atoms with E-state index in [1.807, 2.05) is 0 Å². The minimum absolute atomic E-state index is 0.0758. The van der Waals surface area contributed by atoms with Crippen LogP contribution in [0.1, 0.15) is 78.1 Å². The van der Waals surface area contributed by atoms with Crippen LogP contribution in [-0.2, 0) is 14.3 Å². The number of rotatable bonds is 6. The lowest BCUT2D eigenvalue weighted by Gasteiger charge is -2.60. The average Bonchev–Trinajstić information content (AvgIpc) is 3.39. The Hall–Kier alpha value is -2.31. The molecule has 0 bridgehead atoms. The molecule has 7 heteroatoms. The molecule has 35 heavy (non-hydrogen) atoms. The number of nitrogens with one attached hydrogen (secondary N) is 2. The van der Waals surface area contributed by atoms with E-state index in [4.69, 9.17) is 9.84 Å². The monoisotopic (exact) mass is 484 g/mol. The molecule has 5 rings (SSSR count). The van der Waals surface area contributed by atoms with Gasteiger partial charge in [-0.15, -0.1) is 0 Å². The molecule has 0 saturated heterocycles. The maximum Gasteiger partial charge on any atom is 0.331 e. The summed E-state index contributed by atoms with van der Waals surface area (Å²) in [5, 5.41) is 14.7. The summed E-state index contributed by atoms with van der Waals surface area (Å²) in [7, 11) is 0. The molecule has 192 valence electrons. The molecule has 2 amide bonds. The maximum absolute atomic E-state index is 12.3. The van der Waals surface area contributed by atoms with Gasteiger partial charge in [0.15, 0.2) is 0 Å². The highest BCUT2D eigenvalue weighted by Crippen LogP contribution is 2.66. The van der Waals surface area contributed by atoms with E-state index in [9.17, 15) is 14.4 Å². The van der Waals surface area contributed by atoms with Crippen LogP contribution in [-0.4, -0.2) is 42.3 Å². The molecule has 0 unspecified atom stereocenters. The predicted molar refractivity (Wildman–Crippen MR) is 131 cm³/mol. The first-order valence-corrected chi connectivity index (χ1v) is 13.5. The van der Waals surface area contributed by atoms with E-state index >= 15 is 0 Å². The van der Waals surface area contributed by atoms with Gasteiger partial charge in [0.25, 0.3) is 0 Å². The second-order valence-corrected chi connectivity index (χ2v) is 12.1. The zero-order chi connectivity index (χ0) is 24.8. The van der Waals surface area contributed by atoms with E-state index in [0.717, 1.165) is 25.7 Å². The predicted octanol–water partition coefficient (Wildman–Crippen LogP) is 4.58. The summed E-state index contributed by atoms with van der Waals surface area (Å²) in [5.41, 5.74) is 3.31. The molecule has 1 aliphatic heterocycles. The van der Waals surface area contributed by atoms with E-state index in [1.54, 1.807) is 11.6 Å². The number of carbonyl (C=O) groups excluding carboxylic acids is 2. The van der Waals surface area contributed by atoms with Gasteiger partial charge in [-0.3, -0.25) is 4.79 Å². The van der Waals surface area contributed by atoms with Crippen molar-refractivity contribution in [3.8, 4) is 0 Å². The molecular weight excluding hydrogens is 444 g/mol. The lowest BCUT2D eigenvalue weighted by Crippen LogP contribution is -2.54. The van der Waals surface area contributed by atoms with E-state index in [1.165, 1.54) is 31.3 Å². The zero-order valence-electron chi connectivity index (χ0n) is 21.1. The summed E-state index contributed by atoms with van der Waals surface area (Å²) < 4.78 is 5.26. The number of hydrogen-bond donors (Lipinski definition) is 3. The van der Waals surface area contributed by atoms with Crippen LogP contribution >= 0.6 is 0 Å². The molecule has 3 fully saturated rings. The van der Waals surface area contributed by atoms with E-state index in [2.05, 4.69) is 30.6 Å². The SMILES string of the molecule is C[C@]12CC[C@H](NC(=O)NCCCC(=O)O)C[C@H]1CC[C@H]1C3=CC[C@H](C4=CC(=O)OC4)[C@@]3(C)CC[C@@H]12. The topological polar surface area (TPSA) is 105 Å². The molecule has 7 nitrogen and oxygen atoms in total. The number of carboxylic acids is 1. The van der Waals surface area contributed by atoms with Gasteiger partial charge < -0.3 is 20.5 Å². The number of aliphatic carboxylic acids is 1. The summed E-state index contributed by atoms with van der Waals surface area (Å²) in [4.78, 5) is 34.7. The molecule has 0 spiro atoms. The normalized spacial score (nSPS) is 39.9. The number of carboxylic acid groups (broad SMARTS) is 1. The summed E-state index contributed by atoms with van der Waals surface area (Å²) in [6.45, 7) is 5.80. The zero-order valence-corrected chi connectivity index (χ0v) is 21.1. The Morgan fingerprint density at radius 3 is 2.74 bits per heavy atom. The number of carbonyl (C=O) groups is 3. The van der Waals surface area contributed by atoms with E-state index in [0.29, 0.717) is 48.7 Å². The first kappa shape index (κ1) is 24.4. The molecule has 0 aromatic heterocycles. The van der Waals surface area contributed by atoms with E-state index < -0.39 is 5.97 Å². The average molecular weight is 485 g/mol. The van der Waals surface area contributed by atoms with Crippen molar-refractivity contribution in [1.29, 1.82) is 0 Å². The Morgan fingerprint density at radius 2 is 2.00 bits per heavy atom. The molecule has 3 N–H and O–H groups in total. The minimum Gasteiger partial charge on any atom is -0.481 e. The first-order chi connectivity index (χ1) is 16.7. The fraction of sp³-hybridized carbons (Fsp3) is 0.750. The number of hydrogen-bond acceptors (Lipinski definition) is 4. The highest BCUT2D eigenvalue weighted by atomic mass is 16.5. The molecule has 1 heterocycles. The van der Waals surface area contributed by atoms with Crippen molar-refractivity contribution in [2.45, 2.75) is 84.1 Å². The van der Waals surface area contributed by atoms with Gasteiger partial charge in [-0.2, -0.15) is 0 Å². The molecular formula is C28H40N2O5. The van der Waals surface area contributed by atoms with Crippen LogP contribution in [0, 0.1) is 34.5 Å². The summed E-state index contributed by atoms with van der Waals surface area (Å²) in [6.07, 6.45) is 13.8. The van der Waals surface area contributed by atoms with Gasteiger partial charge in [-0.05, 0) is 97.9 Å². The summed E-state index contributed by atoms with van der Waals surface area (Å²) >= 11 is 0. The van der Waals surface area contributed by atoms with Crippen molar-refractivity contribution >= 4 is 18.0 Å². The largest absolute Gasteiger partial charge is 0.481 e. The number of fused-ring (bicyclic) bond motifs is 5. The van der Waals surface area contributed by atoms with Crippen LogP contribution in [0.25, 0.3) is 0 Å². The van der Waals surface area contributed by atoms with Crippen molar-refractivity contribution in [2.75, 3.05) is 13.2 Å². The third-order valence-corrected chi connectivity index (χ3v) is 10.4. The molecule has 5 aliphatic rings. The van der Waals surface area contributed by atoms with Crippen LogP contribution in [0.3, 0.4) is 0 Å². The smallest absolute Gasteiger partial charge is 0.331 e. The van der Waals surface area contributed by atoms with Gasteiger partial charge in [-0.1, -0.05) is 25.5 Å². The van der Waals surface area contributed by atoms with Crippen molar-refractivity contribution in [3.63, 3.8) is 0 Å². The number of ether oxygens (including phenoxy) is 1. The number of urea groups is 1. The lowest BCUT2D eigenvalue weighted by molar-refractivity contribution is -0.137. The van der Waals surface area contributed by atoms with E-state index in [-0.39, 0.29) is 29.9 Å². The fourth-order valence-electron chi connectivity index (χ4n) is 8.55. The summed E-state index contributed by atoms with van der Waals surface area (Å²) in [6, 6.07) is 0.0248. The Labute approximate surface area is 208 Å². The van der Waals surface area contributed by atoms with Crippen LogP contribution in [0.2, 0.25) is 0 Å². The van der Waals surface area contributed by atoms with Crippen molar-refractivity contribution in [1.82, 2.24) is 10.6 Å². The number of esters is 1. The fourth-order valence-corrected chi connectivity index (χ4v) is 8.55. The highest BCUT2D eigenvalue weighted by Gasteiger charge is 2.58. The van der Waals surface area contributed by atoms with Gasteiger partial charge in [-0.25, -0.2) is 9.59 Å². The molecule has 0 aromatic rings. The third-order valence-electron chi connectivity index (χ3n) is 10.4. The molecule has 7 atom stereocenters. The van der Waals surface area contributed by atoms with Crippen LogP contribution in [0.5, 0.6) is 0 Å². The van der Waals surface area contributed by atoms with Crippen molar-refractivity contribution < 1.29 is 24.2 Å². The first-order valence-electron chi connectivity index (χ1n) is 13.5. The summed E-state index contributed by atoms with van der Waals surface area (Å²) in [5.74, 6) is 1.35. The second-order valence-electron chi connectivity index (χ2n) is 12.1. The Bertz CT molecular complexity index is 957. The maximum atomic E-state index is 12.3. The van der Waals surface area contributed by atoms with Crippen LogP contribution in [0.15, 0.2) is 23.3 Å². The highest BCUT2D eigenvalue weighted by molar-refractivity contribution is 5.85. The van der Waals surface area contributed by atoms with Gasteiger partial charge in [0, 0.05) is 25.1 Å². The number of cyclic esters (lactones) is 1. The minimum atomic E-state index is -0.832. The Balaban J connectivity index is 1.20. The van der Waals surface area contributed by atoms with Crippen molar-refractivity contribution in [2.24, 2.45) is 34.5 Å². The van der Waals surface area contributed by atoms with Crippen molar-refractivity contribution in [3.05, 3.63) is 23.3 Å². The van der Waals surface area contributed by atoms with Crippen LogP contribution < -0.4 is 10.6 Å². The number of allylic oxidation sites excluding steroid dienone is 2. The Morgan fingerprint density at radius 1 is 1.17 bits per heavy atom. The molecule has 0 radical (unpaired) electrons. The molecule has 3 saturated carbocycles. The molecule has 0 aromatic carbocycles. The molecule has 4 aliphatic carbocycles. The second kappa shape index (κ2) is 9.29. The third kappa shape index (κ3) is 4.40. The lowest BCUT2D eigenvalue weighted by atomic mass is 9.45. The standard InChI is InChI=1S/C28H40N2O5/c1-27-11-9-19(30-26(34)29-13-3-4-24(31)32)15-18(27)5-6-20-22-8-7-21(17-14-25(33)35-16-17)28(22,2)12-10-23(20)27/h8,14,18-21,23H,3-7,9-13,15-16H2,1-2H3,(H,31,32)(H2,29,30,34)/t18-,19+,20+,21-,23+,27+,28-/m1/s1. The van der Waals surface area contributed by atoms with Crippen LogP contribution in [0.4, 0.5) is 4.79 Å². The van der Waals surface area contributed by atoms with Gasteiger partial charge in [0.2, 0.25) is 0 Å². The van der Waals surface area contributed by atoms with Gasteiger partial charge in [0.1, 0.15) is 6.61 Å². The number of amides is 2. The Kier molecular flexibility index (Phi) is 6.47. The quantitative estimate of drug-likeness (QED) is 0.291.